The van der Waals surface area contributed by atoms with Gasteiger partial charge >= 0.3 is 5.97 Å². The molecule has 3 aromatic heterocycles. The van der Waals surface area contributed by atoms with E-state index in [4.69, 9.17) is 11.1 Å². The number of benzene rings is 1. The highest BCUT2D eigenvalue weighted by Crippen LogP contribution is 2.33. The number of carboxylic acid groups (broad SMARTS) is 1. The highest BCUT2D eigenvalue weighted by molar-refractivity contribution is 6.01. The second kappa shape index (κ2) is 10.3. The molecule has 39 heavy (non-hydrogen) atoms. The van der Waals surface area contributed by atoms with E-state index in [2.05, 4.69) is 27.3 Å². The first-order valence-corrected chi connectivity index (χ1v) is 13.0. The van der Waals surface area contributed by atoms with E-state index in [9.17, 15) is 14.7 Å². The molecule has 12 nitrogen and oxygen atoms in total. The molecule has 1 amide bonds. The Morgan fingerprint density at radius 2 is 1.82 bits per heavy atom. The molecule has 202 valence electrons. The van der Waals surface area contributed by atoms with Gasteiger partial charge in [0.05, 0.1) is 11.4 Å². The number of aromatic nitrogens is 6. The topological polar surface area (TPSA) is 168 Å². The van der Waals surface area contributed by atoms with Crippen LogP contribution >= 0.6 is 0 Å². The lowest BCUT2D eigenvalue weighted by molar-refractivity contribution is -0.124. The summed E-state index contributed by atoms with van der Waals surface area (Å²) < 4.78 is 2.91. The molecule has 1 saturated carbocycles. The number of aromatic carboxylic acids is 1. The molecule has 0 bridgehead atoms. The largest absolute Gasteiger partial charge is 0.477 e. The lowest BCUT2D eigenvalue weighted by atomic mass is 9.82. The summed E-state index contributed by atoms with van der Waals surface area (Å²) in [5, 5.41) is 34.4. The third kappa shape index (κ3) is 4.85. The number of hydrogen-bond acceptors (Lipinski definition) is 8. The first-order valence-electron chi connectivity index (χ1n) is 13.0. The molecule has 0 spiro atoms. The van der Waals surface area contributed by atoms with Gasteiger partial charge in [-0.2, -0.15) is 9.61 Å². The van der Waals surface area contributed by atoms with Crippen LogP contribution in [-0.4, -0.2) is 58.8 Å². The Balaban J connectivity index is 1.46. The van der Waals surface area contributed by atoms with Gasteiger partial charge < -0.3 is 16.2 Å². The van der Waals surface area contributed by atoms with Gasteiger partial charge in [0, 0.05) is 36.0 Å². The predicted octanol–water partition coefficient (Wildman–Crippen LogP) is 3.82. The number of rotatable bonds is 7. The number of nitrogens with two attached hydrogens (primary N) is 1. The average Bonchev–Trinajstić information content (AvgIpc) is 3.55. The normalized spacial score (nSPS) is 17.4. The molecule has 0 radical (unpaired) electrons. The summed E-state index contributed by atoms with van der Waals surface area (Å²) in [5.41, 5.74) is 8.70. The van der Waals surface area contributed by atoms with Crippen LogP contribution < -0.4 is 10.6 Å². The van der Waals surface area contributed by atoms with Crippen LogP contribution in [0, 0.1) is 17.2 Å². The van der Waals surface area contributed by atoms with Crippen LogP contribution in [0.25, 0.3) is 22.6 Å². The fourth-order valence-electron chi connectivity index (χ4n) is 5.05. The summed E-state index contributed by atoms with van der Waals surface area (Å²) in [7, 11) is 0. The predicted molar refractivity (Wildman–Crippen MR) is 146 cm³/mol. The van der Waals surface area contributed by atoms with E-state index in [0.29, 0.717) is 22.9 Å². The Morgan fingerprint density at radius 3 is 2.44 bits per heavy atom. The fraction of sp³-hybridized carbons (Fsp3) is 0.370. The van der Waals surface area contributed by atoms with Crippen LogP contribution in [0.2, 0.25) is 0 Å². The lowest BCUT2D eigenvalue weighted by Crippen LogP contribution is -2.43. The molecule has 4 N–H and O–H groups in total. The highest BCUT2D eigenvalue weighted by Gasteiger charge is 2.34. The van der Waals surface area contributed by atoms with E-state index in [-0.39, 0.29) is 40.8 Å². The molecule has 3 heterocycles. The minimum Gasteiger partial charge on any atom is -0.477 e. The zero-order valence-electron chi connectivity index (χ0n) is 22.1. The van der Waals surface area contributed by atoms with Crippen LogP contribution in [0.15, 0.2) is 36.5 Å². The molecule has 12 heteroatoms. The number of anilines is 2. The molecule has 0 atom stereocenters. The van der Waals surface area contributed by atoms with Crippen LogP contribution in [0.3, 0.4) is 0 Å². The van der Waals surface area contributed by atoms with Gasteiger partial charge in [0.15, 0.2) is 17.3 Å². The van der Waals surface area contributed by atoms with Gasteiger partial charge in [-0.25, -0.2) is 9.48 Å². The standard InChI is InChI=1S/C27H31N9O3/c1-15(2)35(26(37)18-6-4-16(3)5-7-18)25-20(27(38)39)14-34(33-25)19-10-8-17(9-11-19)21-12-23-31-30-22(13-28)24(29)36(23)32-21/h8-16,18,28H,4-7,29H2,1-3H3,(H,38,39). The van der Waals surface area contributed by atoms with Crippen molar-refractivity contribution in [2.45, 2.75) is 52.5 Å². The van der Waals surface area contributed by atoms with Gasteiger partial charge in [-0.05, 0) is 57.6 Å². The minimum absolute atomic E-state index is 0.0262. The number of carboxylic acids is 1. The smallest absolute Gasteiger partial charge is 0.341 e. The van der Waals surface area contributed by atoms with Crippen LogP contribution in [0.1, 0.15) is 62.5 Å². The molecule has 4 aromatic rings. The van der Waals surface area contributed by atoms with Gasteiger partial charge in [0.1, 0.15) is 11.3 Å². The SMILES string of the molecule is CC1CCC(C(=O)N(c2nn(-c3ccc(-c4cc5nnc(C=N)c(N)n5n4)cc3)cc2C(=O)O)C(C)C)CC1. The van der Waals surface area contributed by atoms with Crippen LogP contribution in [0.4, 0.5) is 11.6 Å². The number of amides is 1. The fourth-order valence-corrected chi connectivity index (χ4v) is 5.05. The summed E-state index contributed by atoms with van der Waals surface area (Å²) in [6.45, 7) is 5.95. The van der Waals surface area contributed by atoms with E-state index < -0.39 is 5.97 Å². The number of nitrogens with zero attached hydrogens (tertiary/aromatic N) is 7. The van der Waals surface area contributed by atoms with E-state index in [1.165, 1.54) is 15.4 Å². The summed E-state index contributed by atoms with van der Waals surface area (Å²) in [5.74, 6) is -0.370. The van der Waals surface area contributed by atoms with Crippen molar-refractivity contribution < 1.29 is 14.7 Å². The number of nitrogen functional groups attached to an aromatic ring is 1. The molecule has 1 aliphatic carbocycles. The summed E-state index contributed by atoms with van der Waals surface area (Å²) in [4.78, 5) is 27.3. The number of carbonyl (C=O) groups is 2. The van der Waals surface area contributed by atoms with Crippen molar-refractivity contribution in [3.05, 3.63) is 47.8 Å². The molecule has 0 unspecified atom stereocenters. The summed E-state index contributed by atoms with van der Waals surface area (Å²) in [6.07, 6.45) is 6.05. The Morgan fingerprint density at radius 1 is 1.13 bits per heavy atom. The lowest BCUT2D eigenvalue weighted by Gasteiger charge is -2.32. The number of fused-ring (bicyclic) bond motifs is 1. The maximum absolute atomic E-state index is 13.6. The number of nitrogens with one attached hydrogen (secondary N) is 1. The molecule has 1 aliphatic rings. The van der Waals surface area contributed by atoms with Crippen molar-refractivity contribution in [2.24, 2.45) is 11.8 Å². The van der Waals surface area contributed by atoms with Gasteiger partial charge in [0.2, 0.25) is 5.91 Å². The van der Waals surface area contributed by atoms with Crippen LogP contribution in [-0.2, 0) is 4.79 Å². The maximum atomic E-state index is 13.6. The third-order valence-corrected chi connectivity index (χ3v) is 7.28. The van der Waals surface area contributed by atoms with Gasteiger partial charge in [-0.3, -0.25) is 9.69 Å². The second-order valence-corrected chi connectivity index (χ2v) is 10.3. The average molecular weight is 530 g/mol. The van der Waals surface area contributed by atoms with Crippen molar-refractivity contribution in [1.29, 1.82) is 5.41 Å². The second-order valence-electron chi connectivity index (χ2n) is 10.3. The maximum Gasteiger partial charge on any atom is 0.341 e. The van der Waals surface area contributed by atoms with Crippen LogP contribution in [0.5, 0.6) is 0 Å². The molecule has 1 fully saturated rings. The first kappa shape index (κ1) is 26.0. The monoisotopic (exact) mass is 529 g/mol. The highest BCUT2D eigenvalue weighted by atomic mass is 16.4. The van der Waals surface area contributed by atoms with Gasteiger partial charge in [-0.15, -0.1) is 15.3 Å². The minimum atomic E-state index is -1.14. The third-order valence-electron chi connectivity index (χ3n) is 7.28. The molecule has 1 aromatic carbocycles. The number of hydrogen-bond donors (Lipinski definition) is 3. The summed E-state index contributed by atoms with van der Waals surface area (Å²) in [6, 6.07) is 8.73. The Bertz CT molecular complexity index is 1550. The Hall–Kier alpha value is -4.61. The van der Waals surface area contributed by atoms with E-state index in [0.717, 1.165) is 37.5 Å². The summed E-state index contributed by atoms with van der Waals surface area (Å²) >= 11 is 0. The van der Waals surface area contributed by atoms with Crippen molar-refractivity contribution in [2.75, 3.05) is 10.6 Å². The van der Waals surface area contributed by atoms with Gasteiger partial charge in [0.25, 0.3) is 0 Å². The zero-order chi connectivity index (χ0) is 27.8. The molecule has 0 saturated heterocycles. The Kier molecular flexibility index (Phi) is 6.85. The van der Waals surface area contributed by atoms with Crippen molar-refractivity contribution >= 4 is 35.4 Å². The van der Waals surface area contributed by atoms with Gasteiger partial charge in [-0.1, -0.05) is 19.1 Å². The zero-order valence-corrected chi connectivity index (χ0v) is 22.1. The Labute approximate surface area is 225 Å². The molecular weight excluding hydrogens is 498 g/mol. The first-order chi connectivity index (χ1) is 18.7. The quantitative estimate of drug-likeness (QED) is 0.304. The molecule has 0 aliphatic heterocycles. The van der Waals surface area contributed by atoms with E-state index in [1.54, 1.807) is 23.1 Å². The molecule has 5 rings (SSSR count). The van der Waals surface area contributed by atoms with Crippen molar-refractivity contribution in [3.8, 4) is 16.9 Å². The van der Waals surface area contributed by atoms with E-state index >= 15 is 0 Å². The van der Waals surface area contributed by atoms with E-state index in [1.807, 2.05) is 26.0 Å². The van der Waals surface area contributed by atoms with Crippen molar-refractivity contribution in [1.82, 2.24) is 29.6 Å². The number of carbonyl (C=O) groups excluding carboxylic acids is 1. The van der Waals surface area contributed by atoms with Crippen molar-refractivity contribution in [3.63, 3.8) is 0 Å². The molecular formula is C27H31N9O3.